The smallest absolute Gasteiger partial charge is 0.407 e. The summed E-state index contributed by atoms with van der Waals surface area (Å²) in [5.74, 6) is 3.44. The quantitative estimate of drug-likeness (QED) is 0.326. The Balaban J connectivity index is 1.19. The summed E-state index contributed by atoms with van der Waals surface area (Å²) in [6.45, 7) is 10.3. The van der Waals surface area contributed by atoms with Gasteiger partial charge in [0.2, 0.25) is 0 Å². The maximum atomic E-state index is 12.3. The van der Waals surface area contributed by atoms with Crippen molar-refractivity contribution < 1.29 is 24.9 Å². The number of ether oxygens (including phenoxy) is 1. The number of benzene rings is 1. The maximum Gasteiger partial charge on any atom is 0.407 e. The molecule has 3 unspecified atom stereocenters. The summed E-state index contributed by atoms with van der Waals surface area (Å²) in [5.41, 5.74) is 1.37. The summed E-state index contributed by atoms with van der Waals surface area (Å²) in [6.07, 6.45) is 8.64. The molecular formula is C33H51NO5. The molecule has 4 aliphatic rings. The van der Waals surface area contributed by atoms with Gasteiger partial charge in [-0.3, -0.25) is 0 Å². The van der Waals surface area contributed by atoms with E-state index in [1.165, 1.54) is 25.7 Å². The molecule has 1 aromatic carbocycles. The van der Waals surface area contributed by atoms with E-state index in [0.29, 0.717) is 54.6 Å². The molecule has 218 valence electrons. The number of rotatable bonds is 7. The lowest BCUT2D eigenvalue weighted by atomic mass is 9.41. The van der Waals surface area contributed by atoms with Crippen LogP contribution in [0.25, 0.3) is 0 Å². The zero-order chi connectivity index (χ0) is 27.9. The Morgan fingerprint density at radius 3 is 2.44 bits per heavy atom. The second kappa shape index (κ2) is 11.2. The number of phenolic OH excluding ortho intramolecular Hbond substituents is 1. The molecular weight excluding hydrogens is 490 g/mol. The summed E-state index contributed by atoms with van der Waals surface area (Å²) < 4.78 is 5.54. The number of hydrogen-bond donors (Lipinski definition) is 4. The van der Waals surface area contributed by atoms with Crippen LogP contribution in [0, 0.1) is 52.3 Å². The molecule has 4 N–H and O–H groups in total. The van der Waals surface area contributed by atoms with Crippen LogP contribution in [0.1, 0.15) is 91.0 Å². The highest BCUT2D eigenvalue weighted by atomic mass is 16.5. The lowest BCUT2D eigenvalue weighted by molar-refractivity contribution is -0.203. The molecule has 6 nitrogen and oxygen atoms in total. The van der Waals surface area contributed by atoms with Gasteiger partial charge in [0.25, 0.3) is 0 Å². The third-order valence-corrected chi connectivity index (χ3v) is 12.3. The van der Waals surface area contributed by atoms with E-state index in [1.54, 1.807) is 24.3 Å². The van der Waals surface area contributed by atoms with Crippen LogP contribution in [0.3, 0.4) is 0 Å². The zero-order valence-electron chi connectivity index (χ0n) is 24.4. The minimum absolute atomic E-state index is 0.205. The first-order valence-corrected chi connectivity index (χ1v) is 15.6. The monoisotopic (exact) mass is 541 g/mol. The summed E-state index contributed by atoms with van der Waals surface area (Å²) >= 11 is 0. The maximum absolute atomic E-state index is 12.3. The van der Waals surface area contributed by atoms with Crippen LogP contribution in [-0.2, 0) is 11.3 Å². The third kappa shape index (κ3) is 5.21. The number of carbonyl (C=O) groups is 1. The Kier molecular flexibility index (Phi) is 8.28. The molecule has 39 heavy (non-hydrogen) atoms. The van der Waals surface area contributed by atoms with Crippen LogP contribution in [0.2, 0.25) is 0 Å². The van der Waals surface area contributed by atoms with Crippen molar-refractivity contribution in [2.75, 3.05) is 6.61 Å². The third-order valence-electron chi connectivity index (χ3n) is 12.3. The van der Waals surface area contributed by atoms with Crippen molar-refractivity contribution >= 4 is 6.09 Å². The largest absolute Gasteiger partial charge is 0.508 e. The highest BCUT2D eigenvalue weighted by Gasteiger charge is 2.64. The van der Waals surface area contributed by atoms with Crippen molar-refractivity contribution in [2.24, 2.45) is 52.3 Å². The van der Waals surface area contributed by atoms with Gasteiger partial charge in [0.15, 0.2) is 0 Å². The number of aliphatic hydroxyl groups is 2. The number of alkyl carbamates (subject to hydrolysis) is 1. The fraction of sp³-hybridized carbons (Fsp3) is 0.788. The van der Waals surface area contributed by atoms with Gasteiger partial charge < -0.3 is 25.4 Å². The van der Waals surface area contributed by atoms with Gasteiger partial charge in [-0.15, -0.1) is 0 Å². The summed E-state index contributed by atoms with van der Waals surface area (Å²) in [4.78, 5) is 12.3. The predicted octanol–water partition coefficient (Wildman–Crippen LogP) is 6.27. The van der Waals surface area contributed by atoms with E-state index in [4.69, 9.17) is 4.74 Å². The number of aromatic hydroxyl groups is 1. The van der Waals surface area contributed by atoms with Crippen LogP contribution in [0.15, 0.2) is 24.3 Å². The van der Waals surface area contributed by atoms with Gasteiger partial charge in [-0.05, 0) is 121 Å². The van der Waals surface area contributed by atoms with Gasteiger partial charge >= 0.3 is 6.09 Å². The Hall–Kier alpha value is -1.79. The van der Waals surface area contributed by atoms with Crippen LogP contribution < -0.4 is 5.32 Å². The van der Waals surface area contributed by atoms with E-state index in [-0.39, 0.29) is 28.8 Å². The van der Waals surface area contributed by atoms with Gasteiger partial charge in [0.1, 0.15) is 5.75 Å². The van der Waals surface area contributed by atoms with Gasteiger partial charge in [-0.1, -0.05) is 46.2 Å². The molecule has 0 heterocycles. The van der Waals surface area contributed by atoms with Crippen molar-refractivity contribution in [3.63, 3.8) is 0 Å². The molecule has 0 saturated heterocycles. The highest BCUT2D eigenvalue weighted by molar-refractivity contribution is 5.67. The van der Waals surface area contributed by atoms with E-state index in [2.05, 4.69) is 33.0 Å². The number of amides is 1. The van der Waals surface area contributed by atoms with Crippen LogP contribution in [0.4, 0.5) is 4.79 Å². The Morgan fingerprint density at radius 2 is 1.72 bits per heavy atom. The van der Waals surface area contributed by atoms with Gasteiger partial charge in [0.05, 0.1) is 18.8 Å². The molecule has 6 heteroatoms. The van der Waals surface area contributed by atoms with Gasteiger partial charge in [-0.2, -0.15) is 0 Å². The molecule has 11 atom stereocenters. The molecule has 1 amide bonds. The average Bonchev–Trinajstić information content (AvgIpc) is 3.27. The number of fused-ring (bicyclic) bond motifs is 5. The molecule has 0 bridgehead atoms. The topological polar surface area (TPSA) is 99.0 Å². The summed E-state index contributed by atoms with van der Waals surface area (Å²) in [5, 5.41) is 34.6. The van der Waals surface area contributed by atoms with E-state index >= 15 is 0 Å². The first-order valence-electron chi connectivity index (χ1n) is 15.6. The van der Waals surface area contributed by atoms with Crippen molar-refractivity contribution in [1.82, 2.24) is 5.32 Å². The predicted molar refractivity (Wildman–Crippen MR) is 152 cm³/mol. The molecule has 0 aromatic heterocycles. The molecule has 0 radical (unpaired) electrons. The molecule has 4 fully saturated rings. The average molecular weight is 542 g/mol. The number of nitrogens with one attached hydrogen (secondary N) is 1. The van der Waals surface area contributed by atoms with E-state index in [0.717, 1.165) is 37.7 Å². The van der Waals surface area contributed by atoms with E-state index in [9.17, 15) is 20.1 Å². The fourth-order valence-corrected chi connectivity index (χ4v) is 10.3. The highest BCUT2D eigenvalue weighted by Crippen LogP contribution is 2.69. The number of aliphatic hydroxyl groups excluding tert-OH is 2. The van der Waals surface area contributed by atoms with Crippen molar-refractivity contribution in [3.05, 3.63) is 29.8 Å². The van der Waals surface area contributed by atoms with Crippen molar-refractivity contribution in [1.29, 1.82) is 0 Å². The minimum Gasteiger partial charge on any atom is -0.508 e. The summed E-state index contributed by atoms with van der Waals surface area (Å²) in [6, 6.07) is 6.79. The van der Waals surface area contributed by atoms with Crippen LogP contribution in [0.5, 0.6) is 5.75 Å². The molecule has 0 spiro atoms. The van der Waals surface area contributed by atoms with Gasteiger partial charge in [0, 0.05) is 6.54 Å². The lowest BCUT2D eigenvalue weighted by Gasteiger charge is -2.64. The second-order valence-electron chi connectivity index (χ2n) is 14.0. The summed E-state index contributed by atoms with van der Waals surface area (Å²) in [7, 11) is 0. The van der Waals surface area contributed by atoms with E-state index in [1.807, 2.05) is 0 Å². The van der Waals surface area contributed by atoms with Crippen LogP contribution >= 0.6 is 0 Å². The Labute approximate surface area is 234 Å². The standard InChI is InChI=1S/C33H51NO5/c1-5-24-28-18-23(36)12-15-33(28,4)27-13-16-32(3)25(10-11-26(32)29(27)30(24)37)20(2)14-17-39-31(38)34-19-21-6-8-22(35)9-7-21/h6-9,20,23-30,35-37H,5,10-19H2,1-4H3,(H,34,38)/t20-,23-,24-,25-,26+,27+,28?,29?,30-,32?,33+/m1/s1. The molecule has 0 aliphatic heterocycles. The lowest BCUT2D eigenvalue weighted by Crippen LogP contribution is -2.62. The normalized spacial score (nSPS) is 42.1. The fourth-order valence-electron chi connectivity index (χ4n) is 10.3. The Bertz CT molecular complexity index is 998. The molecule has 4 aliphatic carbocycles. The first kappa shape index (κ1) is 28.7. The number of carbonyl (C=O) groups excluding carboxylic acids is 1. The van der Waals surface area contributed by atoms with Gasteiger partial charge in [-0.25, -0.2) is 4.79 Å². The SMILES string of the molecule is CC[C@@H]1C2C[C@H](O)CC[C@@]2(C)[C@H]2CCC3(C)[C@@H]([C@H](C)CCOC(=O)NCc4ccc(O)cc4)CC[C@H]3C2[C@@H]1O. The van der Waals surface area contributed by atoms with Crippen LogP contribution in [-0.4, -0.2) is 40.2 Å². The molecule has 5 rings (SSSR count). The Morgan fingerprint density at radius 1 is 1.03 bits per heavy atom. The minimum atomic E-state index is -0.400. The molecule has 1 aromatic rings. The zero-order valence-corrected chi connectivity index (χ0v) is 24.4. The van der Waals surface area contributed by atoms with E-state index < -0.39 is 6.09 Å². The first-order chi connectivity index (χ1) is 18.6. The number of hydrogen-bond acceptors (Lipinski definition) is 5. The van der Waals surface area contributed by atoms with Crippen molar-refractivity contribution in [2.45, 2.75) is 104 Å². The van der Waals surface area contributed by atoms with Crippen molar-refractivity contribution in [3.8, 4) is 5.75 Å². The number of phenols is 1. The molecule has 4 saturated carbocycles. The second-order valence-corrected chi connectivity index (χ2v) is 14.0.